The first-order valence-electron chi connectivity index (χ1n) is 6.55. The van der Waals surface area contributed by atoms with E-state index in [-0.39, 0.29) is 16.7 Å². The van der Waals surface area contributed by atoms with Crippen molar-refractivity contribution in [1.82, 2.24) is 19.7 Å². The molecular weight excluding hydrogens is 312 g/mol. The highest BCUT2D eigenvalue weighted by Crippen LogP contribution is 2.31. The number of rotatable bonds is 3. The van der Waals surface area contributed by atoms with E-state index in [1.807, 2.05) is 0 Å². The standard InChI is InChI=1S/C11H14N6O6/c12-8(16-22)5-4-9(13-2-14-10(4)21)17(15-5)11-7(20)6(19)3(1-18)23-11/h2-3,6-7,11,18-20,22H,1H2,(H2,12,16)(H,13,14,21)/t3-,6-,7-,11?/m1/s1. The molecule has 1 saturated heterocycles. The van der Waals surface area contributed by atoms with E-state index in [4.69, 9.17) is 20.8 Å². The number of aromatic amines is 1. The average Bonchev–Trinajstić information content (AvgIpc) is 3.07. The van der Waals surface area contributed by atoms with E-state index in [9.17, 15) is 15.0 Å². The van der Waals surface area contributed by atoms with E-state index >= 15 is 0 Å². The summed E-state index contributed by atoms with van der Waals surface area (Å²) in [7, 11) is 0. The predicted octanol–water partition coefficient (Wildman–Crippen LogP) is -3.17. The minimum absolute atomic E-state index is 0.00481. The molecule has 2 aromatic heterocycles. The van der Waals surface area contributed by atoms with Crippen LogP contribution in [0.1, 0.15) is 11.9 Å². The van der Waals surface area contributed by atoms with Crippen molar-refractivity contribution in [3.8, 4) is 0 Å². The number of nitrogens with zero attached hydrogens (tertiary/aromatic N) is 4. The molecule has 0 radical (unpaired) electrons. The number of amidine groups is 1. The molecule has 1 aliphatic heterocycles. The number of nitrogens with one attached hydrogen (secondary N) is 1. The lowest BCUT2D eigenvalue weighted by Gasteiger charge is -2.15. The molecule has 12 heteroatoms. The van der Waals surface area contributed by atoms with Crippen LogP contribution in [0.3, 0.4) is 0 Å². The van der Waals surface area contributed by atoms with Crippen molar-refractivity contribution in [3.05, 3.63) is 22.4 Å². The number of fused-ring (bicyclic) bond motifs is 1. The number of hydrogen-bond donors (Lipinski definition) is 6. The van der Waals surface area contributed by atoms with Crippen LogP contribution in [0.2, 0.25) is 0 Å². The topological polar surface area (TPSA) is 192 Å². The van der Waals surface area contributed by atoms with Crippen LogP contribution in [-0.2, 0) is 4.74 Å². The minimum Gasteiger partial charge on any atom is -0.409 e. The fourth-order valence-electron chi connectivity index (χ4n) is 2.47. The average molecular weight is 326 g/mol. The van der Waals surface area contributed by atoms with E-state index in [1.54, 1.807) is 0 Å². The molecule has 0 bridgehead atoms. The van der Waals surface area contributed by atoms with Gasteiger partial charge in [0.15, 0.2) is 17.7 Å². The van der Waals surface area contributed by atoms with Gasteiger partial charge in [0.2, 0.25) is 0 Å². The van der Waals surface area contributed by atoms with Crippen molar-refractivity contribution < 1.29 is 25.3 Å². The van der Waals surface area contributed by atoms with Crippen LogP contribution in [0, 0.1) is 0 Å². The van der Waals surface area contributed by atoms with Gasteiger partial charge in [-0.05, 0) is 0 Å². The Bertz CT molecular complexity index is 815. The van der Waals surface area contributed by atoms with Gasteiger partial charge in [0.1, 0.15) is 29.4 Å². The lowest BCUT2D eigenvalue weighted by atomic mass is 10.1. The smallest absolute Gasteiger partial charge is 0.262 e. The first kappa shape index (κ1) is 15.4. The Morgan fingerprint density at radius 1 is 1.48 bits per heavy atom. The van der Waals surface area contributed by atoms with E-state index in [1.165, 1.54) is 0 Å². The summed E-state index contributed by atoms with van der Waals surface area (Å²) < 4.78 is 6.39. The van der Waals surface area contributed by atoms with Crippen LogP contribution in [0.15, 0.2) is 16.3 Å². The maximum Gasteiger partial charge on any atom is 0.262 e. The Labute approximate surface area is 127 Å². The second-order valence-corrected chi connectivity index (χ2v) is 4.94. The molecule has 4 atom stereocenters. The minimum atomic E-state index is -1.42. The normalized spacial score (nSPS) is 28.6. The molecule has 2 aromatic rings. The van der Waals surface area contributed by atoms with E-state index < -0.39 is 42.5 Å². The zero-order chi connectivity index (χ0) is 16.7. The van der Waals surface area contributed by atoms with Crippen LogP contribution >= 0.6 is 0 Å². The molecule has 1 unspecified atom stereocenters. The highest BCUT2D eigenvalue weighted by Gasteiger charge is 2.45. The number of ether oxygens (including phenoxy) is 1. The van der Waals surface area contributed by atoms with Crippen LogP contribution in [0.5, 0.6) is 0 Å². The summed E-state index contributed by atoms with van der Waals surface area (Å²) in [5.74, 6) is -0.431. The molecular formula is C11H14N6O6. The quantitative estimate of drug-likeness (QED) is 0.146. The maximum atomic E-state index is 12.0. The third-order valence-corrected chi connectivity index (χ3v) is 3.60. The summed E-state index contributed by atoms with van der Waals surface area (Å²) in [5, 5.41) is 44.6. The fourth-order valence-corrected chi connectivity index (χ4v) is 2.47. The van der Waals surface area contributed by atoms with Crippen molar-refractivity contribution >= 4 is 16.9 Å². The number of H-pyrrole nitrogens is 1. The molecule has 0 aliphatic carbocycles. The Balaban J connectivity index is 2.20. The molecule has 7 N–H and O–H groups in total. The first-order chi connectivity index (χ1) is 11.0. The largest absolute Gasteiger partial charge is 0.409 e. The monoisotopic (exact) mass is 326 g/mol. The number of oxime groups is 1. The Morgan fingerprint density at radius 3 is 2.83 bits per heavy atom. The highest BCUT2D eigenvalue weighted by molar-refractivity contribution is 6.05. The molecule has 0 amide bonds. The molecule has 3 rings (SSSR count). The van der Waals surface area contributed by atoms with Crippen LogP contribution in [0.4, 0.5) is 0 Å². The van der Waals surface area contributed by atoms with Crippen molar-refractivity contribution in [2.75, 3.05) is 6.61 Å². The number of hydrogen-bond acceptors (Lipinski definition) is 9. The van der Waals surface area contributed by atoms with Crippen molar-refractivity contribution in [2.45, 2.75) is 24.5 Å². The fraction of sp³-hybridized carbons (Fsp3) is 0.455. The highest BCUT2D eigenvalue weighted by atomic mass is 16.6. The Kier molecular flexibility index (Phi) is 3.73. The van der Waals surface area contributed by atoms with Gasteiger partial charge in [0.25, 0.3) is 5.56 Å². The van der Waals surface area contributed by atoms with Gasteiger partial charge >= 0.3 is 0 Å². The van der Waals surface area contributed by atoms with E-state index in [0.717, 1.165) is 11.0 Å². The summed E-state index contributed by atoms with van der Waals surface area (Å²) in [6.45, 7) is -0.519. The number of aliphatic hydroxyl groups excluding tert-OH is 3. The summed E-state index contributed by atoms with van der Waals surface area (Å²) in [5.41, 5.74) is 4.77. The molecule has 0 aromatic carbocycles. The summed E-state index contributed by atoms with van der Waals surface area (Å²) in [4.78, 5) is 18.3. The second kappa shape index (κ2) is 5.58. The molecule has 12 nitrogen and oxygen atoms in total. The predicted molar refractivity (Wildman–Crippen MR) is 73.7 cm³/mol. The van der Waals surface area contributed by atoms with Gasteiger partial charge in [0, 0.05) is 0 Å². The lowest BCUT2D eigenvalue weighted by molar-refractivity contribution is -0.0567. The zero-order valence-electron chi connectivity index (χ0n) is 11.6. The Hall–Kier alpha value is -2.54. The van der Waals surface area contributed by atoms with E-state index in [2.05, 4.69) is 20.2 Å². The second-order valence-electron chi connectivity index (χ2n) is 4.94. The molecule has 1 aliphatic rings. The third-order valence-electron chi connectivity index (χ3n) is 3.60. The number of nitrogens with two attached hydrogens (primary N) is 1. The summed E-state index contributed by atoms with van der Waals surface area (Å²) in [6, 6.07) is 0. The Morgan fingerprint density at radius 2 is 2.22 bits per heavy atom. The number of aromatic nitrogens is 4. The summed E-state index contributed by atoms with van der Waals surface area (Å²) >= 11 is 0. The van der Waals surface area contributed by atoms with Crippen molar-refractivity contribution in [3.63, 3.8) is 0 Å². The van der Waals surface area contributed by atoms with Gasteiger partial charge in [-0.15, -0.1) is 0 Å². The van der Waals surface area contributed by atoms with Gasteiger partial charge < -0.3 is 36.0 Å². The zero-order valence-corrected chi connectivity index (χ0v) is 11.6. The molecule has 3 heterocycles. The van der Waals surface area contributed by atoms with Gasteiger partial charge in [-0.3, -0.25) is 4.79 Å². The first-order valence-corrected chi connectivity index (χ1v) is 6.55. The molecule has 124 valence electrons. The van der Waals surface area contributed by atoms with Gasteiger partial charge in [0.05, 0.1) is 12.9 Å². The van der Waals surface area contributed by atoms with E-state index in [0.29, 0.717) is 0 Å². The van der Waals surface area contributed by atoms with Gasteiger partial charge in [-0.25, -0.2) is 9.67 Å². The van der Waals surface area contributed by atoms with Crippen LogP contribution in [0.25, 0.3) is 11.0 Å². The SMILES string of the molecule is NC(=NO)c1nn(C2O[C@H](CO)[C@@H](O)[C@H]2O)c2nc[nH]c(=O)c12. The number of aliphatic hydroxyl groups is 3. The van der Waals surface area contributed by atoms with Crippen LogP contribution in [-0.4, -0.2) is 71.0 Å². The maximum absolute atomic E-state index is 12.0. The molecule has 0 saturated carbocycles. The van der Waals surface area contributed by atoms with Gasteiger partial charge in [-0.2, -0.15) is 5.10 Å². The summed E-state index contributed by atoms with van der Waals surface area (Å²) in [6.07, 6.45) is -3.89. The molecule has 0 spiro atoms. The molecule has 23 heavy (non-hydrogen) atoms. The van der Waals surface area contributed by atoms with Crippen molar-refractivity contribution in [2.24, 2.45) is 10.9 Å². The third kappa shape index (κ3) is 2.24. The van der Waals surface area contributed by atoms with Gasteiger partial charge in [-0.1, -0.05) is 5.16 Å². The lowest BCUT2D eigenvalue weighted by Crippen LogP contribution is -2.33. The molecule has 1 fully saturated rings. The van der Waals surface area contributed by atoms with Crippen molar-refractivity contribution in [1.29, 1.82) is 0 Å². The van der Waals surface area contributed by atoms with Crippen LogP contribution < -0.4 is 11.3 Å².